The Labute approximate surface area is 145 Å². The van der Waals surface area contributed by atoms with Gasteiger partial charge in [0.05, 0.1) is 32.0 Å². The van der Waals surface area contributed by atoms with Gasteiger partial charge in [0, 0.05) is 10.2 Å². The Morgan fingerprint density at radius 1 is 1.21 bits per heavy atom. The fourth-order valence-electron chi connectivity index (χ4n) is 2.19. The molecule has 0 radical (unpaired) electrons. The molecule has 0 saturated carbocycles. The van der Waals surface area contributed by atoms with E-state index in [2.05, 4.69) is 20.7 Å². The van der Waals surface area contributed by atoms with Gasteiger partial charge in [-0.3, -0.25) is 0 Å². The molecule has 1 N–H and O–H groups in total. The number of nitrogens with zero attached hydrogens (tertiary/aromatic N) is 1. The summed E-state index contributed by atoms with van der Waals surface area (Å²) in [6.07, 6.45) is 0. The minimum atomic E-state index is -1.10. The zero-order chi connectivity index (χ0) is 17.9. The van der Waals surface area contributed by atoms with Crippen molar-refractivity contribution in [1.82, 2.24) is 0 Å². The molecule has 0 saturated heterocycles. The van der Waals surface area contributed by atoms with Gasteiger partial charge in [-0.1, -0.05) is 0 Å². The topological polar surface area (TPSA) is 102 Å². The van der Waals surface area contributed by atoms with Crippen LogP contribution in [0.3, 0.4) is 0 Å². The number of carboxylic acid groups (broad SMARTS) is 1. The van der Waals surface area contributed by atoms with E-state index in [-0.39, 0.29) is 30.2 Å². The highest BCUT2D eigenvalue weighted by atomic mass is 79.9. The molecular weight excluding hydrogens is 386 g/mol. The molecule has 0 fully saturated rings. The summed E-state index contributed by atoms with van der Waals surface area (Å²) in [5, 5.41) is 9.08. The van der Waals surface area contributed by atoms with Gasteiger partial charge in [0.2, 0.25) is 0 Å². The van der Waals surface area contributed by atoms with Crippen molar-refractivity contribution in [2.45, 2.75) is 0 Å². The summed E-state index contributed by atoms with van der Waals surface area (Å²) in [7, 11) is 2.39. The van der Waals surface area contributed by atoms with E-state index < -0.39 is 17.9 Å². The van der Waals surface area contributed by atoms with Crippen LogP contribution in [0.1, 0.15) is 10.4 Å². The van der Waals surface area contributed by atoms with Crippen molar-refractivity contribution >= 4 is 39.5 Å². The fourth-order valence-corrected chi connectivity index (χ4v) is 2.73. The Balaban J connectivity index is 2.54. The van der Waals surface area contributed by atoms with Crippen molar-refractivity contribution in [3.8, 4) is 0 Å². The Morgan fingerprint density at radius 3 is 2.42 bits per heavy atom. The summed E-state index contributed by atoms with van der Waals surface area (Å²) in [6, 6.07) is 4.39. The SMILES string of the molecule is COC(=O)C1=C(C(=O)OC)N(c2ccc(C(=O)O)c(Br)c2)COC1. The van der Waals surface area contributed by atoms with E-state index in [9.17, 15) is 14.4 Å². The third-order valence-corrected chi connectivity index (χ3v) is 3.98. The summed E-state index contributed by atoms with van der Waals surface area (Å²) in [5.74, 6) is -2.53. The largest absolute Gasteiger partial charge is 0.478 e. The fraction of sp³-hybridized carbons (Fsp3) is 0.267. The Hall–Kier alpha value is -2.39. The van der Waals surface area contributed by atoms with E-state index in [1.165, 1.54) is 37.3 Å². The van der Waals surface area contributed by atoms with Gasteiger partial charge in [-0.2, -0.15) is 0 Å². The van der Waals surface area contributed by atoms with Gasteiger partial charge in [0.1, 0.15) is 12.4 Å². The van der Waals surface area contributed by atoms with Crippen molar-refractivity contribution in [2.24, 2.45) is 0 Å². The highest BCUT2D eigenvalue weighted by molar-refractivity contribution is 9.10. The average Bonchev–Trinajstić information content (AvgIpc) is 2.59. The number of carbonyl (C=O) groups excluding carboxylic acids is 2. The number of carboxylic acids is 1. The van der Waals surface area contributed by atoms with E-state index in [1.807, 2.05) is 0 Å². The van der Waals surface area contributed by atoms with Crippen LogP contribution in [-0.4, -0.2) is 50.6 Å². The van der Waals surface area contributed by atoms with E-state index in [4.69, 9.17) is 14.6 Å². The quantitative estimate of drug-likeness (QED) is 0.760. The molecule has 9 heteroatoms. The number of hydrogen-bond acceptors (Lipinski definition) is 7. The molecule has 1 aliphatic heterocycles. The van der Waals surface area contributed by atoms with Gasteiger partial charge in [-0.15, -0.1) is 0 Å². The van der Waals surface area contributed by atoms with Crippen LogP contribution >= 0.6 is 15.9 Å². The lowest BCUT2D eigenvalue weighted by Gasteiger charge is -2.31. The number of ether oxygens (including phenoxy) is 3. The van der Waals surface area contributed by atoms with Gasteiger partial charge in [-0.05, 0) is 34.1 Å². The van der Waals surface area contributed by atoms with E-state index in [0.29, 0.717) is 10.2 Å². The maximum Gasteiger partial charge on any atom is 0.355 e. The first-order valence-corrected chi connectivity index (χ1v) is 7.48. The summed E-state index contributed by atoms with van der Waals surface area (Å²) < 4.78 is 15.1. The molecule has 8 nitrogen and oxygen atoms in total. The third kappa shape index (κ3) is 3.41. The van der Waals surface area contributed by atoms with Gasteiger partial charge >= 0.3 is 17.9 Å². The monoisotopic (exact) mass is 399 g/mol. The summed E-state index contributed by atoms with van der Waals surface area (Å²) in [4.78, 5) is 36.6. The first-order chi connectivity index (χ1) is 11.4. The molecule has 2 rings (SSSR count). The number of esters is 2. The number of halogens is 1. The maximum atomic E-state index is 12.2. The van der Waals surface area contributed by atoms with Crippen LogP contribution in [0.15, 0.2) is 33.9 Å². The molecule has 0 aliphatic carbocycles. The lowest BCUT2D eigenvalue weighted by atomic mass is 10.1. The third-order valence-electron chi connectivity index (χ3n) is 3.33. The number of benzene rings is 1. The van der Waals surface area contributed by atoms with E-state index in [1.54, 1.807) is 0 Å². The van der Waals surface area contributed by atoms with Crippen molar-refractivity contribution < 1.29 is 33.7 Å². The Kier molecular flexibility index (Phi) is 5.58. The minimum absolute atomic E-state index is 0.00873. The molecule has 0 atom stereocenters. The lowest BCUT2D eigenvalue weighted by molar-refractivity contribution is -0.140. The number of hydrogen-bond donors (Lipinski definition) is 1. The molecule has 0 aromatic heterocycles. The second-order valence-corrected chi connectivity index (χ2v) is 5.54. The van der Waals surface area contributed by atoms with E-state index >= 15 is 0 Å². The second-order valence-electron chi connectivity index (χ2n) is 4.69. The van der Waals surface area contributed by atoms with Crippen LogP contribution in [0.2, 0.25) is 0 Å². The Morgan fingerprint density at radius 2 is 1.88 bits per heavy atom. The average molecular weight is 400 g/mol. The molecule has 1 heterocycles. The first-order valence-electron chi connectivity index (χ1n) is 6.68. The molecule has 0 amide bonds. The van der Waals surface area contributed by atoms with Crippen LogP contribution in [0, 0.1) is 0 Å². The number of rotatable bonds is 4. The van der Waals surface area contributed by atoms with Crippen molar-refractivity contribution in [3.05, 3.63) is 39.5 Å². The molecule has 1 aromatic carbocycles. The number of anilines is 1. The van der Waals surface area contributed by atoms with Crippen LogP contribution in [0.5, 0.6) is 0 Å². The molecule has 0 bridgehead atoms. The molecule has 1 aliphatic rings. The van der Waals surface area contributed by atoms with Crippen LogP contribution in [0.4, 0.5) is 5.69 Å². The van der Waals surface area contributed by atoms with Crippen LogP contribution in [-0.2, 0) is 23.8 Å². The molecule has 0 unspecified atom stereocenters. The highest BCUT2D eigenvalue weighted by Gasteiger charge is 2.32. The van der Waals surface area contributed by atoms with Crippen LogP contribution in [0.25, 0.3) is 0 Å². The smallest absolute Gasteiger partial charge is 0.355 e. The number of methoxy groups -OCH3 is 2. The molecule has 24 heavy (non-hydrogen) atoms. The van der Waals surface area contributed by atoms with Gasteiger partial charge in [0.25, 0.3) is 0 Å². The van der Waals surface area contributed by atoms with Gasteiger partial charge < -0.3 is 24.2 Å². The molecule has 128 valence electrons. The predicted octanol–water partition coefficient (Wildman–Crippen LogP) is 1.54. The predicted molar refractivity (Wildman–Crippen MR) is 85.5 cm³/mol. The Bertz CT molecular complexity index is 729. The van der Waals surface area contributed by atoms with Gasteiger partial charge in [0.15, 0.2) is 0 Å². The summed E-state index contributed by atoms with van der Waals surface area (Å²) in [5.41, 5.74) is 0.529. The minimum Gasteiger partial charge on any atom is -0.478 e. The standard InChI is InChI=1S/C15H14BrNO7/c1-22-14(20)10-6-24-7-17(12(10)15(21)23-2)8-3-4-9(13(18)19)11(16)5-8/h3-5H,6-7H2,1-2H3,(H,18,19). The van der Waals surface area contributed by atoms with E-state index in [0.717, 1.165) is 0 Å². The summed E-state index contributed by atoms with van der Waals surface area (Å²) in [6.45, 7) is -0.105. The van der Waals surface area contributed by atoms with Crippen molar-refractivity contribution in [1.29, 1.82) is 0 Å². The first kappa shape index (κ1) is 18.0. The lowest BCUT2D eigenvalue weighted by Crippen LogP contribution is -2.38. The molecule has 1 aromatic rings. The molecule has 0 spiro atoms. The van der Waals surface area contributed by atoms with Gasteiger partial charge in [-0.25, -0.2) is 14.4 Å². The zero-order valence-corrected chi connectivity index (χ0v) is 14.5. The summed E-state index contributed by atoms with van der Waals surface area (Å²) >= 11 is 3.17. The number of aromatic carboxylic acids is 1. The van der Waals surface area contributed by atoms with Crippen molar-refractivity contribution in [2.75, 3.05) is 32.5 Å². The van der Waals surface area contributed by atoms with Crippen molar-refractivity contribution in [3.63, 3.8) is 0 Å². The normalized spacial score (nSPS) is 14.4. The molecular formula is C15H14BrNO7. The second kappa shape index (κ2) is 7.45. The maximum absolute atomic E-state index is 12.2. The number of carbonyl (C=O) groups is 3. The van der Waals surface area contributed by atoms with Crippen LogP contribution < -0.4 is 4.90 Å². The highest BCUT2D eigenvalue weighted by Crippen LogP contribution is 2.30. The zero-order valence-electron chi connectivity index (χ0n) is 12.9.